The van der Waals surface area contributed by atoms with Crippen molar-refractivity contribution in [2.75, 3.05) is 44.2 Å². The van der Waals surface area contributed by atoms with Crippen LogP contribution in [-0.2, 0) is 4.79 Å². The Morgan fingerprint density at radius 1 is 0.853 bits per heavy atom. The third-order valence-electron chi connectivity index (χ3n) is 7.68. The number of anilines is 1. The van der Waals surface area contributed by atoms with E-state index >= 15 is 0 Å². The van der Waals surface area contributed by atoms with Gasteiger partial charge in [-0.05, 0) is 55.3 Å². The van der Waals surface area contributed by atoms with Gasteiger partial charge in [0, 0.05) is 73.3 Å². The van der Waals surface area contributed by atoms with Crippen LogP contribution in [0.5, 0.6) is 0 Å². The molecule has 2 atom stereocenters. The Kier molecular flexibility index (Phi) is 5.40. The van der Waals surface area contributed by atoms with Crippen molar-refractivity contribution in [1.29, 1.82) is 0 Å². The minimum absolute atomic E-state index is 0.0340. The van der Waals surface area contributed by atoms with Crippen molar-refractivity contribution < 1.29 is 9.59 Å². The van der Waals surface area contributed by atoms with Gasteiger partial charge in [0.05, 0.1) is 0 Å². The van der Waals surface area contributed by atoms with E-state index in [1.54, 1.807) is 6.07 Å². The van der Waals surface area contributed by atoms with Crippen LogP contribution in [0.4, 0.5) is 5.69 Å². The first-order valence-electron chi connectivity index (χ1n) is 11.9. The van der Waals surface area contributed by atoms with Crippen molar-refractivity contribution >= 4 is 40.1 Å². The minimum atomic E-state index is 0.0340. The fourth-order valence-electron chi connectivity index (χ4n) is 5.79. The summed E-state index contributed by atoms with van der Waals surface area (Å²) >= 11 is 6.01. The molecular weight excluding hydrogens is 452 g/mol. The van der Waals surface area contributed by atoms with E-state index in [0.717, 1.165) is 49.6 Å². The zero-order valence-electron chi connectivity index (χ0n) is 18.9. The van der Waals surface area contributed by atoms with Gasteiger partial charge >= 0.3 is 0 Å². The first-order valence-corrected chi connectivity index (χ1v) is 12.3. The Morgan fingerprint density at radius 3 is 2.21 bits per heavy atom. The van der Waals surface area contributed by atoms with Gasteiger partial charge in [0.1, 0.15) is 11.0 Å². The molecule has 1 N–H and O–H groups in total. The summed E-state index contributed by atoms with van der Waals surface area (Å²) in [7, 11) is 0. The van der Waals surface area contributed by atoms with Crippen LogP contribution in [0, 0.1) is 17.8 Å². The maximum Gasteiger partial charge on any atom is 0.253 e. The van der Waals surface area contributed by atoms with Gasteiger partial charge in [0.15, 0.2) is 0 Å². The smallest absolute Gasteiger partial charge is 0.253 e. The predicted molar refractivity (Wildman–Crippen MR) is 130 cm³/mol. The number of fused-ring (bicyclic) bond motifs is 2. The molecule has 3 fully saturated rings. The summed E-state index contributed by atoms with van der Waals surface area (Å²) in [4.78, 5) is 32.6. The van der Waals surface area contributed by atoms with Crippen LogP contribution in [0.15, 0.2) is 42.5 Å². The molecule has 0 radical (unpaired) electrons. The van der Waals surface area contributed by atoms with Gasteiger partial charge in [-0.25, -0.2) is 0 Å². The topological polar surface area (TPSA) is 85.4 Å². The second-order valence-electron chi connectivity index (χ2n) is 9.74. The number of aromatic amines is 1. The lowest BCUT2D eigenvalue weighted by Gasteiger charge is -2.35. The van der Waals surface area contributed by atoms with Crippen LogP contribution in [0.25, 0.3) is 11.0 Å². The fraction of sp³-hybridized carbons (Fsp3) is 0.440. The van der Waals surface area contributed by atoms with E-state index in [1.165, 1.54) is 5.69 Å². The number of H-pyrrole nitrogens is 1. The van der Waals surface area contributed by atoms with Gasteiger partial charge in [0.2, 0.25) is 5.91 Å². The van der Waals surface area contributed by atoms with Gasteiger partial charge in [-0.2, -0.15) is 15.4 Å². The molecule has 1 aromatic heterocycles. The normalized spacial score (nSPS) is 23.0. The average molecular weight is 479 g/mol. The summed E-state index contributed by atoms with van der Waals surface area (Å²) < 4.78 is 0. The van der Waals surface area contributed by atoms with Gasteiger partial charge < -0.3 is 14.7 Å². The molecule has 176 valence electrons. The van der Waals surface area contributed by atoms with Crippen LogP contribution < -0.4 is 4.90 Å². The first kappa shape index (κ1) is 21.4. The Balaban J connectivity index is 1.03. The first-order chi connectivity index (χ1) is 16.5. The van der Waals surface area contributed by atoms with Crippen molar-refractivity contribution in [3.63, 3.8) is 0 Å². The molecular formula is C25H27ClN6O2. The maximum absolute atomic E-state index is 13.2. The van der Waals surface area contributed by atoms with Gasteiger partial charge in [-0.15, -0.1) is 0 Å². The molecule has 34 heavy (non-hydrogen) atoms. The van der Waals surface area contributed by atoms with E-state index in [1.807, 2.05) is 41.3 Å². The number of piperidine rings is 1. The monoisotopic (exact) mass is 478 g/mol. The molecule has 4 heterocycles. The van der Waals surface area contributed by atoms with Crippen molar-refractivity contribution in [3.8, 4) is 0 Å². The highest BCUT2D eigenvalue weighted by atomic mass is 35.5. The number of halogens is 1. The van der Waals surface area contributed by atoms with Crippen LogP contribution >= 0.6 is 11.6 Å². The molecule has 3 aliphatic rings. The predicted octanol–water partition coefficient (Wildman–Crippen LogP) is 3.06. The molecule has 6 rings (SSSR count). The molecule has 3 saturated heterocycles. The molecule has 0 bridgehead atoms. The standard InChI is InChI=1S/C25H27ClN6O2/c26-20-2-4-21(5-3-20)30-9-7-16(8-10-30)24(33)31-12-18-14-32(15-19(18)13-31)25(34)17-1-6-22-23(11-17)28-29-27-22/h1-6,11,16,18-19H,7-10,12-15H2,(H,27,28,29)/t18-,19-/m1/s1. The summed E-state index contributed by atoms with van der Waals surface area (Å²) in [5.74, 6) is 1.14. The summed E-state index contributed by atoms with van der Waals surface area (Å²) in [5, 5.41) is 11.5. The third kappa shape index (κ3) is 3.90. The summed E-state index contributed by atoms with van der Waals surface area (Å²) in [6, 6.07) is 13.3. The Bertz CT molecular complexity index is 1210. The third-order valence-corrected chi connectivity index (χ3v) is 7.94. The molecule has 9 heteroatoms. The van der Waals surface area contributed by atoms with E-state index in [9.17, 15) is 9.59 Å². The summed E-state index contributed by atoms with van der Waals surface area (Å²) in [6.45, 7) is 4.70. The largest absolute Gasteiger partial charge is 0.371 e. The van der Waals surface area contributed by atoms with Gasteiger partial charge in [-0.1, -0.05) is 11.6 Å². The Morgan fingerprint density at radius 2 is 1.50 bits per heavy atom. The molecule has 0 unspecified atom stereocenters. The molecule has 8 nitrogen and oxygen atoms in total. The SMILES string of the molecule is O=C(c1ccc2n[nH]nc2c1)N1C[C@H]2CN(C(=O)C3CCN(c4ccc(Cl)cc4)CC3)C[C@@H]2C1. The molecule has 3 aliphatic heterocycles. The van der Waals surface area contributed by atoms with E-state index in [4.69, 9.17) is 11.6 Å². The summed E-state index contributed by atoms with van der Waals surface area (Å²) in [6.07, 6.45) is 1.75. The van der Waals surface area contributed by atoms with Gasteiger partial charge in [0.25, 0.3) is 5.91 Å². The van der Waals surface area contributed by atoms with E-state index in [0.29, 0.717) is 41.9 Å². The number of nitrogens with one attached hydrogen (secondary N) is 1. The summed E-state index contributed by atoms with van der Waals surface area (Å²) in [5.41, 5.74) is 3.26. The van der Waals surface area contributed by atoms with E-state index in [2.05, 4.69) is 25.2 Å². The highest BCUT2D eigenvalue weighted by Crippen LogP contribution is 2.34. The number of hydrogen-bond acceptors (Lipinski definition) is 5. The van der Waals surface area contributed by atoms with E-state index < -0.39 is 0 Å². The maximum atomic E-state index is 13.2. The minimum Gasteiger partial charge on any atom is -0.371 e. The Hall–Kier alpha value is -3.13. The number of carbonyl (C=O) groups is 2. The van der Waals surface area contributed by atoms with Crippen LogP contribution in [0.1, 0.15) is 23.2 Å². The van der Waals surface area contributed by atoms with Gasteiger partial charge in [-0.3, -0.25) is 9.59 Å². The lowest BCUT2D eigenvalue weighted by Crippen LogP contribution is -2.43. The van der Waals surface area contributed by atoms with Crippen LogP contribution in [-0.4, -0.2) is 76.3 Å². The molecule has 2 amide bonds. The number of nitrogens with zero attached hydrogens (tertiary/aromatic N) is 5. The molecule has 0 aliphatic carbocycles. The van der Waals surface area contributed by atoms with Crippen LogP contribution in [0.2, 0.25) is 5.02 Å². The Labute approximate surface area is 202 Å². The quantitative estimate of drug-likeness (QED) is 0.625. The zero-order chi connectivity index (χ0) is 23.2. The van der Waals surface area contributed by atoms with Crippen LogP contribution in [0.3, 0.4) is 0 Å². The molecule has 2 aromatic carbocycles. The number of benzene rings is 2. The molecule has 0 saturated carbocycles. The number of rotatable bonds is 3. The highest BCUT2D eigenvalue weighted by molar-refractivity contribution is 6.30. The average Bonchev–Trinajstić information content (AvgIpc) is 3.58. The number of aromatic nitrogens is 3. The van der Waals surface area contributed by atoms with Crippen molar-refractivity contribution in [2.45, 2.75) is 12.8 Å². The molecule has 0 spiro atoms. The highest BCUT2D eigenvalue weighted by Gasteiger charge is 2.44. The van der Waals surface area contributed by atoms with Crippen molar-refractivity contribution in [2.24, 2.45) is 17.8 Å². The van der Waals surface area contributed by atoms with E-state index in [-0.39, 0.29) is 11.8 Å². The number of amides is 2. The number of carbonyl (C=O) groups excluding carboxylic acids is 2. The second-order valence-corrected chi connectivity index (χ2v) is 10.2. The molecule has 3 aromatic rings. The number of likely N-dealkylation sites (tertiary alicyclic amines) is 2. The lowest BCUT2D eigenvalue weighted by molar-refractivity contribution is -0.135. The lowest BCUT2D eigenvalue weighted by atomic mass is 9.95. The second kappa shape index (κ2) is 8.58. The van der Waals surface area contributed by atoms with Crippen molar-refractivity contribution in [3.05, 3.63) is 53.1 Å². The number of hydrogen-bond donors (Lipinski definition) is 1. The fourth-order valence-corrected chi connectivity index (χ4v) is 5.92. The van der Waals surface area contributed by atoms with Crippen molar-refractivity contribution in [1.82, 2.24) is 25.2 Å². The zero-order valence-corrected chi connectivity index (χ0v) is 19.6.